The third-order valence-electron chi connectivity index (χ3n) is 4.10. The highest BCUT2D eigenvalue weighted by Crippen LogP contribution is 2.30. The van der Waals surface area contributed by atoms with E-state index >= 15 is 0 Å². The lowest BCUT2D eigenvalue weighted by atomic mass is 9.95. The highest BCUT2D eigenvalue weighted by Gasteiger charge is 2.16. The van der Waals surface area contributed by atoms with E-state index in [0.29, 0.717) is 18.7 Å². The van der Waals surface area contributed by atoms with E-state index in [1.807, 2.05) is 48.5 Å². The van der Waals surface area contributed by atoms with Gasteiger partial charge in [0.2, 0.25) is 5.91 Å². The number of benzene rings is 2. The van der Waals surface area contributed by atoms with Crippen LogP contribution in [0.25, 0.3) is 22.2 Å². The van der Waals surface area contributed by atoms with Crippen molar-refractivity contribution in [3.63, 3.8) is 0 Å². The Morgan fingerprint density at radius 2 is 1.79 bits per heavy atom. The Bertz CT molecular complexity index is 862. The number of carbonyl (C=O) groups excluding carboxylic acids is 1. The van der Waals surface area contributed by atoms with Crippen molar-refractivity contribution in [2.75, 3.05) is 12.3 Å². The standard InChI is InChI=1S/C20H20N2OS/c1-14-16-9-5-6-10-18(16)22-20(15-7-3-2-4-8-15)17(14)13-19(23)21-11-12-24/h2-10,24H,11-13H2,1H3,(H,21,23). The van der Waals surface area contributed by atoms with Gasteiger partial charge in [0.15, 0.2) is 0 Å². The molecule has 0 bridgehead atoms. The zero-order valence-corrected chi connectivity index (χ0v) is 14.5. The number of thiol groups is 1. The monoisotopic (exact) mass is 336 g/mol. The predicted octanol–water partition coefficient (Wildman–Crippen LogP) is 3.80. The molecule has 1 N–H and O–H groups in total. The molecule has 24 heavy (non-hydrogen) atoms. The van der Waals surface area contributed by atoms with Crippen LogP contribution >= 0.6 is 12.6 Å². The minimum absolute atomic E-state index is 0.00131. The van der Waals surface area contributed by atoms with Gasteiger partial charge in [0.25, 0.3) is 0 Å². The van der Waals surface area contributed by atoms with Gasteiger partial charge in [-0.2, -0.15) is 12.6 Å². The average Bonchev–Trinajstić information content (AvgIpc) is 2.63. The molecule has 1 amide bonds. The summed E-state index contributed by atoms with van der Waals surface area (Å²) in [5, 5.41) is 3.98. The molecular formula is C20H20N2OS. The average molecular weight is 336 g/mol. The van der Waals surface area contributed by atoms with Crippen LogP contribution in [0.5, 0.6) is 0 Å². The van der Waals surface area contributed by atoms with Gasteiger partial charge in [0.1, 0.15) is 0 Å². The van der Waals surface area contributed by atoms with Crippen LogP contribution in [0.4, 0.5) is 0 Å². The van der Waals surface area contributed by atoms with Crippen LogP contribution < -0.4 is 5.32 Å². The first-order valence-corrected chi connectivity index (χ1v) is 8.65. The molecule has 0 aliphatic heterocycles. The highest BCUT2D eigenvalue weighted by atomic mass is 32.1. The quantitative estimate of drug-likeness (QED) is 0.696. The smallest absolute Gasteiger partial charge is 0.224 e. The zero-order valence-electron chi connectivity index (χ0n) is 13.6. The summed E-state index contributed by atoms with van der Waals surface area (Å²) < 4.78 is 0. The zero-order chi connectivity index (χ0) is 16.9. The van der Waals surface area contributed by atoms with E-state index in [1.54, 1.807) is 0 Å². The number of aromatic nitrogens is 1. The number of nitrogens with one attached hydrogen (secondary N) is 1. The second-order valence-electron chi connectivity index (χ2n) is 5.70. The highest BCUT2D eigenvalue weighted by molar-refractivity contribution is 7.80. The Hall–Kier alpha value is -2.33. The third kappa shape index (κ3) is 3.44. The molecule has 2 aromatic carbocycles. The van der Waals surface area contributed by atoms with Crippen molar-refractivity contribution in [1.29, 1.82) is 0 Å². The molecule has 4 heteroatoms. The van der Waals surface area contributed by atoms with E-state index < -0.39 is 0 Å². The molecule has 0 spiro atoms. The summed E-state index contributed by atoms with van der Waals surface area (Å²) in [5.74, 6) is 0.632. The Kier molecular flexibility index (Phi) is 5.16. The molecule has 1 heterocycles. The van der Waals surface area contributed by atoms with Crippen LogP contribution in [0.15, 0.2) is 54.6 Å². The van der Waals surface area contributed by atoms with Crippen molar-refractivity contribution < 1.29 is 4.79 Å². The first-order valence-electron chi connectivity index (χ1n) is 8.02. The summed E-state index contributed by atoms with van der Waals surface area (Å²) in [5.41, 5.74) is 4.96. The minimum Gasteiger partial charge on any atom is -0.355 e. The van der Waals surface area contributed by atoms with Crippen molar-refractivity contribution in [3.05, 3.63) is 65.7 Å². The maximum absolute atomic E-state index is 12.3. The number of carbonyl (C=O) groups is 1. The molecule has 3 nitrogen and oxygen atoms in total. The van der Waals surface area contributed by atoms with Crippen LogP contribution in [-0.4, -0.2) is 23.2 Å². The number of amides is 1. The number of fused-ring (bicyclic) bond motifs is 1. The SMILES string of the molecule is Cc1c(CC(=O)NCCS)c(-c2ccccc2)nc2ccccc12. The van der Waals surface area contributed by atoms with Gasteiger partial charge in [-0.15, -0.1) is 0 Å². The van der Waals surface area contributed by atoms with Crippen LogP contribution in [0.1, 0.15) is 11.1 Å². The number of pyridine rings is 1. The molecule has 0 unspecified atom stereocenters. The lowest BCUT2D eigenvalue weighted by molar-refractivity contribution is -0.120. The third-order valence-corrected chi connectivity index (χ3v) is 4.32. The number of aryl methyl sites for hydroxylation is 1. The van der Waals surface area contributed by atoms with Crippen LogP contribution in [-0.2, 0) is 11.2 Å². The van der Waals surface area contributed by atoms with Gasteiger partial charge in [-0.1, -0.05) is 48.5 Å². The topological polar surface area (TPSA) is 42.0 Å². The normalized spacial score (nSPS) is 10.8. The van der Waals surface area contributed by atoms with Gasteiger partial charge in [-0.3, -0.25) is 4.79 Å². The molecule has 0 fully saturated rings. The molecule has 0 saturated carbocycles. The first-order chi connectivity index (χ1) is 11.7. The largest absolute Gasteiger partial charge is 0.355 e. The van der Waals surface area contributed by atoms with Crippen molar-refractivity contribution in [2.45, 2.75) is 13.3 Å². The van der Waals surface area contributed by atoms with Crippen LogP contribution in [0, 0.1) is 6.92 Å². The summed E-state index contributed by atoms with van der Waals surface area (Å²) in [4.78, 5) is 17.1. The molecule has 0 atom stereocenters. The van der Waals surface area contributed by atoms with Crippen LogP contribution in [0.3, 0.4) is 0 Å². The lowest BCUT2D eigenvalue weighted by Crippen LogP contribution is -2.27. The molecule has 0 aliphatic rings. The number of hydrogen-bond acceptors (Lipinski definition) is 3. The first kappa shape index (κ1) is 16.5. The van der Waals surface area contributed by atoms with Crippen molar-refractivity contribution >= 4 is 29.4 Å². The molecule has 0 aliphatic carbocycles. The van der Waals surface area contributed by atoms with Crippen molar-refractivity contribution in [1.82, 2.24) is 10.3 Å². The van der Waals surface area contributed by atoms with Gasteiger partial charge in [0.05, 0.1) is 17.6 Å². The number of hydrogen-bond donors (Lipinski definition) is 2. The fourth-order valence-corrected chi connectivity index (χ4v) is 3.00. The molecule has 0 radical (unpaired) electrons. The predicted molar refractivity (Wildman–Crippen MR) is 102 cm³/mol. The van der Waals surface area contributed by atoms with E-state index in [1.165, 1.54) is 0 Å². The fraction of sp³-hybridized carbons (Fsp3) is 0.200. The van der Waals surface area contributed by atoms with E-state index in [9.17, 15) is 4.79 Å². The Morgan fingerprint density at radius 1 is 1.08 bits per heavy atom. The van der Waals surface area contributed by atoms with Gasteiger partial charge in [0, 0.05) is 23.2 Å². The van der Waals surface area contributed by atoms with E-state index in [2.05, 4.69) is 30.9 Å². The summed E-state index contributed by atoms with van der Waals surface area (Å²) in [6.07, 6.45) is 0.321. The Labute approximate surface area is 147 Å². The van der Waals surface area contributed by atoms with Gasteiger partial charge >= 0.3 is 0 Å². The van der Waals surface area contributed by atoms with Crippen LogP contribution in [0.2, 0.25) is 0 Å². The second-order valence-corrected chi connectivity index (χ2v) is 6.14. The summed E-state index contributed by atoms with van der Waals surface area (Å²) in [6, 6.07) is 18.1. The number of rotatable bonds is 5. The fourth-order valence-electron chi connectivity index (χ4n) is 2.89. The van der Waals surface area contributed by atoms with Gasteiger partial charge in [-0.05, 0) is 24.1 Å². The molecule has 3 rings (SSSR count). The van der Waals surface area contributed by atoms with Crippen molar-refractivity contribution in [2.24, 2.45) is 0 Å². The maximum atomic E-state index is 12.3. The van der Waals surface area contributed by atoms with E-state index in [0.717, 1.165) is 33.3 Å². The maximum Gasteiger partial charge on any atom is 0.224 e. The van der Waals surface area contributed by atoms with E-state index in [-0.39, 0.29) is 5.91 Å². The summed E-state index contributed by atoms with van der Waals surface area (Å²) in [6.45, 7) is 2.64. The molecular weight excluding hydrogens is 316 g/mol. The second kappa shape index (κ2) is 7.49. The Morgan fingerprint density at radius 3 is 2.54 bits per heavy atom. The lowest BCUT2D eigenvalue weighted by Gasteiger charge is -2.15. The van der Waals surface area contributed by atoms with E-state index in [4.69, 9.17) is 4.98 Å². The Balaban J connectivity index is 2.13. The minimum atomic E-state index is 0.00131. The number of para-hydroxylation sites is 1. The van der Waals surface area contributed by atoms with Gasteiger partial charge in [-0.25, -0.2) is 4.98 Å². The molecule has 1 aromatic heterocycles. The van der Waals surface area contributed by atoms with Gasteiger partial charge < -0.3 is 5.32 Å². The summed E-state index contributed by atoms with van der Waals surface area (Å²) in [7, 11) is 0. The number of nitrogens with zero attached hydrogens (tertiary/aromatic N) is 1. The molecule has 122 valence electrons. The summed E-state index contributed by atoms with van der Waals surface area (Å²) >= 11 is 4.14. The molecule has 0 saturated heterocycles. The van der Waals surface area contributed by atoms with Crippen molar-refractivity contribution in [3.8, 4) is 11.3 Å². The molecule has 3 aromatic rings.